The van der Waals surface area contributed by atoms with Gasteiger partial charge in [0.05, 0.1) is 12.7 Å². The Morgan fingerprint density at radius 3 is 2.81 bits per heavy atom. The van der Waals surface area contributed by atoms with Crippen LogP contribution in [0.3, 0.4) is 0 Å². The summed E-state index contributed by atoms with van der Waals surface area (Å²) < 4.78 is 17.0. The molecule has 1 aliphatic heterocycles. The van der Waals surface area contributed by atoms with Crippen molar-refractivity contribution < 1.29 is 19.0 Å². The molecule has 0 saturated carbocycles. The molecular weight excluding hydrogens is 332 g/mol. The van der Waals surface area contributed by atoms with Gasteiger partial charge in [-0.25, -0.2) is 0 Å². The van der Waals surface area contributed by atoms with Gasteiger partial charge in [-0.15, -0.1) is 0 Å². The second kappa shape index (κ2) is 9.20. The molecule has 0 aliphatic carbocycles. The third kappa shape index (κ3) is 4.95. The van der Waals surface area contributed by atoms with Gasteiger partial charge in [0.1, 0.15) is 6.61 Å². The number of carbonyl (C=O) groups is 1. The Hall–Kier alpha value is -2.60. The highest BCUT2D eigenvalue weighted by atomic mass is 16.5. The number of aromatic nitrogens is 1. The zero-order valence-electron chi connectivity index (χ0n) is 14.9. The van der Waals surface area contributed by atoms with Crippen molar-refractivity contribution in [1.29, 1.82) is 0 Å². The monoisotopic (exact) mass is 356 g/mol. The van der Waals surface area contributed by atoms with Crippen LogP contribution in [0.15, 0.2) is 42.7 Å². The predicted molar refractivity (Wildman–Crippen MR) is 97.5 cm³/mol. The van der Waals surface area contributed by atoms with Crippen LogP contribution >= 0.6 is 0 Å². The molecule has 0 radical (unpaired) electrons. The van der Waals surface area contributed by atoms with E-state index < -0.39 is 0 Å². The number of hydrogen-bond acceptors (Lipinski definition) is 5. The van der Waals surface area contributed by atoms with E-state index in [9.17, 15) is 4.79 Å². The van der Waals surface area contributed by atoms with Crippen LogP contribution in [0.2, 0.25) is 0 Å². The molecule has 1 aromatic heterocycles. The first-order valence-electron chi connectivity index (χ1n) is 8.94. The summed E-state index contributed by atoms with van der Waals surface area (Å²) in [6.45, 7) is 4.11. The summed E-state index contributed by atoms with van der Waals surface area (Å²) in [4.78, 5) is 16.4. The summed E-state index contributed by atoms with van der Waals surface area (Å²) >= 11 is 0. The molecule has 6 heteroatoms. The number of amides is 1. The van der Waals surface area contributed by atoms with Crippen molar-refractivity contribution in [3.8, 4) is 11.5 Å². The van der Waals surface area contributed by atoms with Crippen LogP contribution in [-0.4, -0.2) is 36.8 Å². The second-order valence-electron chi connectivity index (χ2n) is 6.08. The molecule has 6 nitrogen and oxygen atoms in total. The Bertz CT molecular complexity index is 715. The highest BCUT2D eigenvalue weighted by Gasteiger charge is 2.17. The molecule has 1 aromatic carbocycles. The zero-order valence-corrected chi connectivity index (χ0v) is 14.9. The second-order valence-corrected chi connectivity index (χ2v) is 6.08. The number of carbonyl (C=O) groups excluding carboxylic acids is 1. The highest BCUT2D eigenvalue weighted by Crippen LogP contribution is 2.29. The van der Waals surface area contributed by atoms with Crippen molar-refractivity contribution in [2.24, 2.45) is 0 Å². The molecule has 1 N–H and O–H groups in total. The Balaban J connectivity index is 1.64. The van der Waals surface area contributed by atoms with Crippen LogP contribution in [0.5, 0.6) is 11.5 Å². The number of ether oxygens (including phenoxy) is 3. The molecule has 2 aromatic rings. The topological polar surface area (TPSA) is 69.7 Å². The van der Waals surface area contributed by atoms with Crippen molar-refractivity contribution in [3.63, 3.8) is 0 Å². The number of rotatable bonds is 8. The van der Waals surface area contributed by atoms with Crippen molar-refractivity contribution in [2.75, 3.05) is 19.8 Å². The fraction of sp³-hybridized carbons (Fsp3) is 0.400. The van der Waals surface area contributed by atoms with Crippen LogP contribution in [0.1, 0.15) is 35.7 Å². The molecule has 3 rings (SSSR count). The molecule has 0 bridgehead atoms. The van der Waals surface area contributed by atoms with Gasteiger partial charge in [-0.3, -0.25) is 9.78 Å². The van der Waals surface area contributed by atoms with Crippen LogP contribution < -0.4 is 14.8 Å². The van der Waals surface area contributed by atoms with Crippen LogP contribution in [0, 0.1) is 0 Å². The number of hydrogen-bond donors (Lipinski definition) is 1. The predicted octanol–water partition coefficient (Wildman–Crippen LogP) is 2.97. The number of nitrogens with one attached hydrogen (secondary N) is 1. The van der Waals surface area contributed by atoms with Gasteiger partial charge in [-0.2, -0.15) is 0 Å². The summed E-state index contributed by atoms with van der Waals surface area (Å²) in [6.07, 6.45) is 5.62. The molecule has 2 heterocycles. The Kier molecular flexibility index (Phi) is 6.44. The van der Waals surface area contributed by atoms with E-state index in [-0.39, 0.29) is 12.0 Å². The fourth-order valence-corrected chi connectivity index (χ4v) is 2.79. The lowest BCUT2D eigenvalue weighted by atomic mass is 10.1. The quantitative estimate of drug-likeness (QED) is 0.787. The fourth-order valence-electron chi connectivity index (χ4n) is 2.79. The first-order valence-corrected chi connectivity index (χ1v) is 8.94. The maximum Gasteiger partial charge on any atom is 0.251 e. The normalized spacial score (nSPS) is 16.3. The molecule has 1 amide bonds. The minimum absolute atomic E-state index is 0.119. The van der Waals surface area contributed by atoms with E-state index in [4.69, 9.17) is 14.2 Å². The van der Waals surface area contributed by atoms with Gasteiger partial charge in [-0.05, 0) is 55.7 Å². The van der Waals surface area contributed by atoms with E-state index >= 15 is 0 Å². The van der Waals surface area contributed by atoms with Crippen molar-refractivity contribution >= 4 is 5.91 Å². The number of benzene rings is 1. The van der Waals surface area contributed by atoms with Gasteiger partial charge < -0.3 is 19.5 Å². The number of pyridine rings is 1. The average molecular weight is 356 g/mol. The Labute approximate surface area is 153 Å². The third-order valence-corrected chi connectivity index (χ3v) is 4.16. The van der Waals surface area contributed by atoms with E-state index in [2.05, 4.69) is 10.3 Å². The van der Waals surface area contributed by atoms with Gasteiger partial charge in [-0.1, -0.05) is 0 Å². The van der Waals surface area contributed by atoms with Gasteiger partial charge in [0.25, 0.3) is 5.91 Å². The van der Waals surface area contributed by atoms with Crippen molar-refractivity contribution in [3.05, 3.63) is 53.9 Å². The van der Waals surface area contributed by atoms with Crippen LogP contribution in [0.4, 0.5) is 0 Å². The van der Waals surface area contributed by atoms with Crippen LogP contribution in [0.25, 0.3) is 0 Å². The highest BCUT2D eigenvalue weighted by molar-refractivity contribution is 5.94. The standard InChI is InChI=1S/C20H24N2O4/c1-2-24-19-12-16(20(23)22-13-17-4-3-11-25-17)5-6-18(19)26-14-15-7-9-21-10-8-15/h5-10,12,17H,2-4,11,13-14H2,1H3,(H,22,23). The van der Waals surface area contributed by atoms with Gasteiger partial charge in [0.2, 0.25) is 0 Å². The van der Waals surface area contributed by atoms with E-state index in [1.165, 1.54) is 0 Å². The summed E-state index contributed by atoms with van der Waals surface area (Å²) in [5.41, 5.74) is 1.56. The molecule has 1 aliphatic rings. The van der Waals surface area contributed by atoms with E-state index in [1.807, 2.05) is 19.1 Å². The SMILES string of the molecule is CCOc1cc(C(=O)NCC2CCCO2)ccc1OCc1ccncc1. The lowest BCUT2D eigenvalue weighted by Gasteiger charge is -2.14. The average Bonchev–Trinajstić information content (AvgIpc) is 3.20. The molecule has 26 heavy (non-hydrogen) atoms. The molecular formula is C20H24N2O4. The van der Waals surface area contributed by atoms with Crippen molar-refractivity contribution in [2.45, 2.75) is 32.5 Å². The molecule has 1 unspecified atom stereocenters. The summed E-state index contributed by atoms with van der Waals surface area (Å²) in [7, 11) is 0. The van der Waals surface area contributed by atoms with E-state index in [0.717, 1.165) is 25.0 Å². The third-order valence-electron chi connectivity index (χ3n) is 4.16. The maximum atomic E-state index is 12.4. The Morgan fingerprint density at radius 1 is 1.23 bits per heavy atom. The lowest BCUT2D eigenvalue weighted by molar-refractivity contribution is 0.0857. The first-order chi connectivity index (χ1) is 12.8. The van der Waals surface area contributed by atoms with E-state index in [1.54, 1.807) is 30.6 Å². The minimum Gasteiger partial charge on any atom is -0.490 e. The van der Waals surface area contributed by atoms with Crippen molar-refractivity contribution in [1.82, 2.24) is 10.3 Å². The summed E-state index contributed by atoms with van der Waals surface area (Å²) in [5.74, 6) is 1.03. The minimum atomic E-state index is -0.137. The van der Waals surface area contributed by atoms with E-state index in [0.29, 0.717) is 36.8 Å². The number of nitrogens with zero attached hydrogens (tertiary/aromatic N) is 1. The van der Waals surface area contributed by atoms with Gasteiger partial charge in [0.15, 0.2) is 11.5 Å². The van der Waals surface area contributed by atoms with Gasteiger partial charge >= 0.3 is 0 Å². The molecule has 138 valence electrons. The Morgan fingerprint density at radius 2 is 2.08 bits per heavy atom. The molecule has 1 saturated heterocycles. The zero-order chi connectivity index (χ0) is 18.2. The smallest absolute Gasteiger partial charge is 0.251 e. The molecule has 0 spiro atoms. The first kappa shape index (κ1) is 18.2. The lowest BCUT2D eigenvalue weighted by Crippen LogP contribution is -2.31. The largest absolute Gasteiger partial charge is 0.490 e. The maximum absolute atomic E-state index is 12.4. The van der Waals surface area contributed by atoms with Gasteiger partial charge in [0, 0.05) is 31.1 Å². The van der Waals surface area contributed by atoms with Crippen LogP contribution in [-0.2, 0) is 11.3 Å². The summed E-state index contributed by atoms with van der Waals surface area (Å²) in [5, 5.41) is 2.92. The summed E-state index contributed by atoms with van der Waals surface area (Å²) in [6, 6.07) is 9.03. The molecule has 1 atom stereocenters. The molecule has 1 fully saturated rings.